The van der Waals surface area contributed by atoms with Gasteiger partial charge in [-0.2, -0.15) is 5.10 Å². The smallest absolute Gasteiger partial charge is 0.276 e. The molecule has 0 unspecified atom stereocenters. The molecule has 0 aliphatic rings. The molecule has 3 N–H and O–H groups in total. The number of amides is 1. The van der Waals surface area contributed by atoms with Gasteiger partial charge < -0.3 is 10.3 Å². The Bertz CT molecular complexity index is 1060. The van der Waals surface area contributed by atoms with Crippen molar-refractivity contribution in [3.8, 4) is 0 Å². The number of nitrogens with zero attached hydrogens (tertiary/aromatic N) is 1. The zero-order valence-corrected chi connectivity index (χ0v) is 13.6. The summed E-state index contributed by atoms with van der Waals surface area (Å²) in [4.78, 5) is 15.7. The van der Waals surface area contributed by atoms with Gasteiger partial charge in [0.2, 0.25) is 0 Å². The Morgan fingerprint density at radius 3 is 2.79 bits per heavy atom. The standard InChI is InChI=1S/C19H18N4O/c1-3-12-5-4-6-15-14-8-7-13(10-16(14)21-18(12)15)20-19(24)17-9-11(2)22-23-17/h4-10,21H,3H2,1-2H3,(H,20,24)(H,22,23). The molecular weight excluding hydrogens is 300 g/mol. The van der Waals surface area contributed by atoms with Crippen molar-refractivity contribution in [3.05, 3.63) is 59.4 Å². The van der Waals surface area contributed by atoms with Crippen molar-refractivity contribution in [2.24, 2.45) is 0 Å². The van der Waals surface area contributed by atoms with Gasteiger partial charge in [-0.05, 0) is 37.1 Å². The minimum atomic E-state index is -0.218. The molecule has 0 spiro atoms. The van der Waals surface area contributed by atoms with Crippen molar-refractivity contribution < 1.29 is 4.79 Å². The number of hydrogen-bond acceptors (Lipinski definition) is 2. The summed E-state index contributed by atoms with van der Waals surface area (Å²) in [7, 11) is 0. The van der Waals surface area contributed by atoms with Gasteiger partial charge in [-0.15, -0.1) is 0 Å². The van der Waals surface area contributed by atoms with Gasteiger partial charge in [0.15, 0.2) is 5.69 Å². The molecule has 2 aromatic heterocycles. The number of aromatic nitrogens is 3. The van der Waals surface area contributed by atoms with Crippen LogP contribution in [0.2, 0.25) is 0 Å². The monoisotopic (exact) mass is 318 g/mol. The van der Waals surface area contributed by atoms with Crippen LogP contribution in [0, 0.1) is 6.92 Å². The van der Waals surface area contributed by atoms with Crippen LogP contribution in [0.25, 0.3) is 21.8 Å². The van der Waals surface area contributed by atoms with Crippen molar-refractivity contribution in [1.29, 1.82) is 0 Å². The normalized spacial score (nSPS) is 11.2. The largest absolute Gasteiger partial charge is 0.354 e. The molecular formula is C19H18N4O. The van der Waals surface area contributed by atoms with Gasteiger partial charge >= 0.3 is 0 Å². The van der Waals surface area contributed by atoms with Crippen molar-refractivity contribution in [1.82, 2.24) is 15.2 Å². The summed E-state index contributed by atoms with van der Waals surface area (Å²) < 4.78 is 0. The third-order valence-electron chi connectivity index (χ3n) is 4.30. The van der Waals surface area contributed by atoms with Crippen LogP contribution in [-0.4, -0.2) is 21.1 Å². The van der Waals surface area contributed by atoms with E-state index < -0.39 is 0 Å². The number of nitrogens with one attached hydrogen (secondary N) is 3. The van der Waals surface area contributed by atoms with Crippen molar-refractivity contribution >= 4 is 33.4 Å². The fourth-order valence-corrected chi connectivity index (χ4v) is 3.09. The van der Waals surface area contributed by atoms with E-state index in [2.05, 4.69) is 45.6 Å². The maximum atomic E-state index is 12.2. The lowest BCUT2D eigenvalue weighted by Crippen LogP contribution is -2.12. The average molecular weight is 318 g/mol. The number of H-pyrrole nitrogens is 2. The van der Waals surface area contributed by atoms with Crippen LogP contribution in [0.3, 0.4) is 0 Å². The summed E-state index contributed by atoms with van der Waals surface area (Å²) in [5.74, 6) is -0.218. The second kappa shape index (κ2) is 5.53. The molecule has 0 radical (unpaired) electrons. The second-order valence-electron chi connectivity index (χ2n) is 5.97. The number of aryl methyl sites for hydroxylation is 2. The average Bonchev–Trinajstić information content (AvgIpc) is 3.17. The van der Waals surface area contributed by atoms with E-state index in [1.54, 1.807) is 6.07 Å². The zero-order chi connectivity index (χ0) is 16.7. The highest BCUT2D eigenvalue weighted by molar-refractivity contribution is 6.10. The molecule has 2 heterocycles. The molecule has 0 aliphatic carbocycles. The van der Waals surface area contributed by atoms with Gasteiger partial charge in [0.05, 0.1) is 0 Å². The maximum absolute atomic E-state index is 12.2. The Balaban J connectivity index is 1.73. The lowest BCUT2D eigenvalue weighted by atomic mass is 10.1. The zero-order valence-electron chi connectivity index (χ0n) is 13.6. The second-order valence-corrected chi connectivity index (χ2v) is 5.97. The Hall–Kier alpha value is -3.08. The van der Waals surface area contributed by atoms with Crippen LogP contribution in [0.4, 0.5) is 5.69 Å². The number of fused-ring (bicyclic) bond motifs is 3. The van der Waals surface area contributed by atoms with E-state index in [-0.39, 0.29) is 5.91 Å². The molecule has 0 saturated heterocycles. The molecule has 5 nitrogen and oxygen atoms in total. The third-order valence-corrected chi connectivity index (χ3v) is 4.30. The number of aromatic amines is 2. The van der Waals surface area contributed by atoms with E-state index in [9.17, 15) is 4.79 Å². The van der Waals surface area contributed by atoms with Gasteiger partial charge in [0, 0.05) is 33.2 Å². The Kier molecular flexibility index (Phi) is 3.34. The highest BCUT2D eigenvalue weighted by atomic mass is 16.1. The highest BCUT2D eigenvalue weighted by Gasteiger charge is 2.11. The van der Waals surface area contributed by atoms with E-state index >= 15 is 0 Å². The summed E-state index contributed by atoms with van der Waals surface area (Å²) in [5.41, 5.74) is 5.47. The molecule has 0 atom stereocenters. The van der Waals surface area contributed by atoms with Crippen LogP contribution >= 0.6 is 0 Å². The molecule has 0 saturated carbocycles. The lowest BCUT2D eigenvalue weighted by molar-refractivity contribution is 0.102. The van der Waals surface area contributed by atoms with Crippen LogP contribution in [0.1, 0.15) is 28.7 Å². The number of carbonyl (C=O) groups is 1. The van der Waals surface area contributed by atoms with E-state index in [1.807, 2.05) is 25.1 Å². The molecule has 5 heteroatoms. The molecule has 1 amide bonds. The quantitative estimate of drug-likeness (QED) is 0.530. The molecule has 4 rings (SSSR count). The van der Waals surface area contributed by atoms with Crippen molar-refractivity contribution in [2.45, 2.75) is 20.3 Å². The fourth-order valence-electron chi connectivity index (χ4n) is 3.09. The van der Waals surface area contributed by atoms with Crippen LogP contribution in [0.15, 0.2) is 42.5 Å². The number of hydrogen-bond donors (Lipinski definition) is 3. The van der Waals surface area contributed by atoms with Gasteiger partial charge in [-0.1, -0.05) is 31.2 Å². The van der Waals surface area contributed by atoms with Gasteiger partial charge in [-0.25, -0.2) is 0 Å². The minimum Gasteiger partial charge on any atom is -0.354 e. The molecule has 120 valence electrons. The topological polar surface area (TPSA) is 73.6 Å². The summed E-state index contributed by atoms with van der Waals surface area (Å²) >= 11 is 0. The summed E-state index contributed by atoms with van der Waals surface area (Å²) in [6, 6.07) is 14.0. The van der Waals surface area contributed by atoms with Gasteiger partial charge in [0.1, 0.15) is 0 Å². The third kappa shape index (κ3) is 2.34. The van der Waals surface area contributed by atoms with E-state index in [0.717, 1.165) is 28.7 Å². The SMILES string of the molecule is CCc1cccc2c1[nH]c1cc(NC(=O)c3cc(C)[nH]n3)ccc12. The molecule has 0 fully saturated rings. The Morgan fingerprint density at radius 2 is 2.04 bits per heavy atom. The van der Waals surface area contributed by atoms with Crippen LogP contribution in [0.5, 0.6) is 0 Å². The summed E-state index contributed by atoms with van der Waals surface area (Å²) in [5, 5.41) is 12.0. The molecule has 4 aromatic rings. The first-order valence-electron chi connectivity index (χ1n) is 8.02. The number of benzene rings is 2. The predicted octanol–water partition coefficient (Wildman–Crippen LogP) is 4.17. The molecule has 24 heavy (non-hydrogen) atoms. The van der Waals surface area contributed by atoms with Crippen LogP contribution < -0.4 is 5.32 Å². The number of para-hydroxylation sites is 1. The molecule has 2 aromatic carbocycles. The minimum absolute atomic E-state index is 0.218. The van der Waals surface area contributed by atoms with E-state index in [1.165, 1.54) is 16.5 Å². The van der Waals surface area contributed by atoms with Crippen LogP contribution in [-0.2, 0) is 6.42 Å². The molecule has 0 bridgehead atoms. The highest BCUT2D eigenvalue weighted by Crippen LogP contribution is 2.29. The van der Waals surface area contributed by atoms with E-state index in [0.29, 0.717) is 5.69 Å². The maximum Gasteiger partial charge on any atom is 0.276 e. The van der Waals surface area contributed by atoms with Crippen molar-refractivity contribution in [2.75, 3.05) is 5.32 Å². The van der Waals surface area contributed by atoms with Gasteiger partial charge in [0.25, 0.3) is 5.91 Å². The number of carbonyl (C=O) groups excluding carboxylic acids is 1. The lowest BCUT2D eigenvalue weighted by Gasteiger charge is -2.03. The predicted molar refractivity (Wildman–Crippen MR) is 96.5 cm³/mol. The fraction of sp³-hybridized carbons (Fsp3) is 0.158. The number of anilines is 1. The van der Waals surface area contributed by atoms with Crippen molar-refractivity contribution in [3.63, 3.8) is 0 Å². The summed E-state index contributed by atoms with van der Waals surface area (Å²) in [6.07, 6.45) is 0.978. The number of rotatable bonds is 3. The first-order chi connectivity index (χ1) is 11.7. The first-order valence-corrected chi connectivity index (χ1v) is 8.02. The molecule has 0 aliphatic heterocycles. The van der Waals surface area contributed by atoms with E-state index in [4.69, 9.17) is 0 Å². The Labute approximate surface area is 139 Å². The Morgan fingerprint density at radius 1 is 1.17 bits per heavy atom. The first kappa shape index (κ1) is 14.5. The summed E-state index contributed by atoms with van der Waals surface area (Å²) in [6.45, 7) is 4.02. The van der Waals surface area contributed by atoms with Gasteiger partial charge in [-0.3, -0.25) is 9.89 Å².